The van der Waals surface area contributed by atoms with Gasteiger partial charge in [-0.25, -0.2) is 0 Å². The first-order valence-corrected chi connectivity index (χ1v) is 7.86. The maximum atomic E-state index is 12.4. The molecule has 1 amide bonds. The number of hydrogen-bond acceptors (Lipinski definition) is 3. The fourth-order valence-corrected chi connectivity index (χ4v) is 3.02. The van der Waals surface area contributed by atoms with Gasteiger partial charge in [-0.15, -0.1) is 0 Å². The van der Waals surface area contributed by atoms with Crippen LogP contribution in [0.5, 0.6) is 0 Å². The number of carbonyl (C=O) groups excluding carboxylic acids is 1. The molecule has 0 bridgehead atoms. The van der Waals surface area contributed by atoms with E-state index in [1.54, 1.807) is 0 Å². The molecule has 2 fully saturated rings. The van der Waals surface area contributed by atoms with E-state index in [1.165, 1.54) is 12.8 Å². The summed E-state index contributed by atoms with van der Waals surface area (Å²) in [5, 5.41) is 3.49. The average molecular weight is 267 g/mol. The maximum Gasteiger partial charge on any atom is 0.241 e. The number of rotatable bonds is 7. The highest BCUT2D eigenvalue weighted by molar-refractivity contribution is 5.84. The Morgan fingerprint density at radius 1 is 1.42 bits per heavy atom. The molecule has 1 saturated carbocycles. The van der Waals surface area contributed by atoms with Gasteiger partial charge in [0.05, 0.1) is 12.2 Å². The minimum atomic E-state index is 0.0370. The van der Waals surface area contributed by atoms with Crippen LogP contribution in [-0.4, -0.2) is 53.6 Å². The number of hydrogen-bond donors (Lipinski definition) is 1. The first-order chi connectivity index (χ1) is 9.08. The molecule has 0 aromatic heterocycles. The lowest BCUT2D eigenvalue weighted by molar-refractivity contribution is -0.130. The normalized spacial score (nSPS) is 29.3. The minimum Gasteiger partial charge on any atom is -0.324 e. The summed E-state index contributed by atoms with van der Waals surface area (Å²) in [6.07, 6.45) is 5.96. The van der Waals surface area contributed by atoms with E-state index in [2.05, 4.69) is 42.9 Å². The van der Waals surface area contributed by atoms with E-state index in [0.29, 0.717) is 11.9 Å². The standard InChI is InChI=1S/C15H29N3O/c1-5-7-14-16-13(6-2)15(19)18(14)10-11(3)17(4)12-8-9-12/h11-14,16H,5-10H2,1-4H3. The summed E-state index contributed by atoms with van der Waals surface area (Å²) in [7, 11) is 2.20. The average Bonchev–Trinajstić information content (AvgIpc) is 3.19. The van der Waals surface area contributed by atoms with Gasteiger partial charge in [0.25, 0.3) is 0 Å². The van der Waals surface area contributed by atoms with Gasteiger partial charge in [0, 0.05) is 18.6 Å². The molecular formula is C15H29N3O. The largest absolute Gasteiger partial charge is 0.324 e. The summed E-state index contributed by atoms with van der Waals surface area (Å²) in [5.41, 5.74) is 0. The molecule has 2 rings (SSSR count). The van der Waals surface area contributed by atoms with Crippen LogP contribution in [0.25, 0.3) is 0 Å². The van der Waals surface area contributed by atoms with Gasteiger partial charge in [-0.05, 0) is 39.7 Å². The number of nitrogens with zero attached hydrogens (tertiary/aromatic N) is 2. The van der Waals surface area contributed by atoms with Crippen molar-refractivity contribution in [1.29, 1.82) is 0 Å². The van der Waals surface area contributed by atoms with Crippen LogP contribution in [0.3, 0.4) is 0 Å². The van der Waals surface area contributed by atoms with Crippen LogP contribution in [0, 0.1) is 0 Å². The lowest BCUT2D eigenvalue weighted by Gasteiger charge is -2.31. The molecule has 1 saturated heterocycles. The third-order valence-corrected chi connectivity index (χ3v) is 4.60. The Kier molecular flexibility index (Phi) is 4.85. The van der Waals surface area contributed by atoms with Crippen LogP contribution < -0.4 is 5.32 Å². The Labute approximate surface area is 117 Å². The molecule has 19 heavy (non-hydrogen) atoms. The van der Waals surface area contributed by atoms with E-state index in [1.807, 2.05) is 0 Å². The Balaban J connectivity index is 1.96. The molecular weight excluding hydrogens is 238 g/mol. The first-order valence-electron chi connectivity index (χ1n) is 7.86. The molecule has 1 heterocycles. The fourth-order valence-electron chi connectivity index (χ4n) is 3.02. The van der Waals surface area contributed by atoms with E-state index in [9.17, 15) is 4.79 Å². The zero-order chi connectivity index (χ0) is 14.0. The topological polar surface area (TPSA) is 35.6 Å². The van der Waals surface area contributed by atoms with Crippen LogP contribution in [0.4, 0.5) is 0 Å². The number of carbonyl (C=O) groups is 1. The van der Waals surface area contributed by atoms with Gasteiger partial charge in [-0.3, -0.25) is 15.0 Å². The summed E-state index contributed by atoms with van der Waals surface area (Å²) in [5.74, 6) is 0.303. The summed E-state index contributed by atoms with van der Waals surface area (Å²) in [4.78, 5) is 16.9. The maximum absolute atomic E-state index is 12.4. The lowest BCUT2D eigenvalue weighted by atomic mass is 10.2. The van der Waals surface area contributed by atoms with Gasteiger partial charge in [-0.1, -0.05) is 20.3 Å². The molecule has 4 nitrogen and oxygen atoms in total. The van der Waals surface area contributed by atoms with Crippen LogP contribution in [0.15, 0.2) is 0 Å². The highest BCUT2D eigenvalue weighted by Crippen LogP contribution is 2.28. The van der Waals surface area contributed by atoms with Gasteiger partial charge in [0.2, 0.25) is 5.91 Å². The zero-order valence-corrected chi connectivity index (χ0v) is 12.9. The summed E-state index contributed by atoms with van der Waals surface area (Å²) >= 11 is 0. The van der Waals surface area contributed by atoms with Crippen LogP contribution in [-0.2, 0) is 4.79 Å². The third kappa shape index (κ3) is 3.29. The molecule has 0 aromatic rings. The molecule has 1 N–H and O–H groups in total. The summed E-state index contributed by atoms with van der Waals surface area (Å²) in [6, 6.07) is 1.25. The first kappa shape index (κ1) is 14.8. The van der Waals surface area contributed by atoms with Crippen LogP contribution >= 0.6 is 0 Å². The van der Waals surface area contributed by atoms with Crippen molar-refractivity contribution in [3.63, 3.8) is 0 Å². The van der Waals surface area contributed by atoms with Crippen molar-refractivity contribution in [2.75, 3.05) is 13.6 Å². The number of likely N-dealkylation sites (N-methyl/N-ethyl adjacent to an activating group) is 1. The van der Waals surface area contributed by atoms with E-state index < -0.39 is 0 Å². The molecule has 3 atom stereocenters. The second-order valence-electron chi connectivity index (χ2n) is 6.17. The van der Waals surface area contributed by atoms with Gasteiger partial charge in [0.15, 0.2) is 0 Å². The number of nitrogens with one attached hydrogen (secondary N) is 1. The van der Waals surface area contributed by atoms with Crippen LogP contribution in [0.1, 0.15) is 52.9 Å². The Morgan fingerprint density at radius 3 is 2.63 bits per heavy atom. The predicted octanol–water partition coefficient (Wildman–Crippen LogP) is 1.81. The summed E-state index contributed by atoms with van der Waals surface area (Å²) < 4.78 is 0. The molecule has 4 heteroatoms. The molecule has 3 unspecified atom stereocenters. The fraction of sp³-hybridized carbons (Fsp3) is 0.933. The molecule has 2 aliphatic rings. The SMILES string of the molecule is CCCC1NC(CC)C(=O)N1CC(C)N(C)C1CC1. The minimum absolute atomic E-state index is 0.0370. The monoisotopic (exact) mass is 267 g/mol. The Morgan fingerprint density at radius 2 is 2.11 bits per heavy atom. The molecule has 0 spiro atoms. The molecule has 110 valence electrons. The van der Waals surface area contributed by atoms with Gasteiger partial charge in [0.1, 0.15) is 0 Å². The second-order valence-corrected chi connectivity index (χ2v) is 6.17. The van der Waals surface area contributed by atoms with Crippen molar-refractivity contribution in [1.82, 2.24) is 15.1 Å². The van der Waals surface area contributed by atoms with Crippen molar-refractivity contribution >= 4 is 5.91 Å². The predicted molar refractivity (Wildman–Crippen MR) is 77.9 cm³/mol. The van der Waals surface area contributed by atoms with E-state index >= 15 is 0 Å². The van der Waals surface area contributed by atoms with Gasteiger partial charge < -0.3 is 4.90 Å². The quantitative estimate of drug-likeness (QED) is 0.764. The van der Waals surface area contributed by atoms with Gasteiger partial charge in [-0.2, -0.15) is 0 Å². The van der Waals surface area contributed by atoms with E-state index in [4.69, 9.17) is 0 Å². The molecule has 1 aliphatic carbocycles. The van der Waals surface area contributed by atoms with E-state index in [0.717, 1.165) is 31.8 Å². The Bertz CT molecular complexity index is 317. The Hall–Kier alpha value is -0.610. The molecule has 0 aromatic carbocycles. The third-order valence-electron chi connectivity index (χ3n) is 4.60. The smallest absolute Gasteiger partial charge is 0.241 e. The van der Waals surface area contributed by atoms with Crippen molar-refractivity contribution in [2.45, 2.75) is 77.2 Å². The van der Waals surface area contributed by atoms with Gasteiger partial charge >= 0.3 is 0 Å². The second kappa shape index (κ2) is 6.23. The highest BCUT2D eigenvalue weighted by atomic mass is 16.2. The lowest BCUT2D eigenvalue weighted by Crippen LogP contribution is -2.46. The zero-order valence-electron chi connectivity index (χ0n) is 12.9. The van der Waals surface area contributed by atoms with Crippen molar-refractivity contribution in [2.24, 2.45) is 0 Å². The van der Waals surface area contributed by atoms with Crippen molar-refractivity contribution in [3.05, 3.63) is 0 Å². The summed E-state index contributed by atoms with van der Waals surface area (Å²) in [6.45, 7) is 7.37. The highest BCUT2D eigenvalue weighted by Gasteiger charge is 2.39. The molecule has 0 radical (unpaired) electrons. The van der Waals surface area contributed by atoms with Crippen LogP contribution in [0.2, 0.25) is 0 Å². The van der Waals surface area contributed by atoms with Crippen molar-refractivity contribution in [3.8, 4) is 0 Å². The van der Waals surface area contributed by atoms with Crippen molar-refractivity contribution < 1.29 is 4.79 Å². The number of amides is 1. The molecule has 1 aliphatic heterocycles. The van der Waals surface area contributed by atoms with E-state index in [-0.39, 0.29) is 12.2 Å².